The minimum Gasteiger partial charge on any atom is -0.337 e. The number of carbonyl (C=O) groups excluding carboxylic acids is 2. The summed E-state index contributed by atoms with van der Waals surface area (Å²) in [4.78, 5) is 35.3. The maximum absolute atomic E-state index is 13.5. The molecule has 5 rings (SSSR count). The van der Waals surface area contributed by atoms with Crippen LogP contribution in [0, 0.1) is 6.92 Å². The lowest BCUT2D eigenvalue weighted by Gasteiger charge is -2.32. The summed E-state index contributed by atoms with van der Waals surface area (Å²) in [6.07, 6.45) is 5.36. The standard InChI is InChI=1S/C28H27N5O4S/c1-19-6-2-3-7-21(19)27(34)31-24-10-4-9-23-22(24)8-5-11-26(23)38(36,37)32-20-12-16-33(17-13-20)28(35)25-18-29-14-15-30-25/h2-11,14-15,18,20,32H,12-13,16-17H2,1H3,(H,31,34). The van der Waals surface area contributed by atoms with E-state index in [0.29, 0.717) is 48.0 Å². The summed E-state index contributed by atoms with van der Waals surface area (Å²) in [6.45, 7) is 2.69. The number of nitrogens with one attached hydrogen (secondary N) is 2. The number of anilines is 1. The average molecular weight is 530 g/mol. The van der Waals surface area contributed by atoms with Gasteiger partial charge in [-0.25, -0.2) is 18.1 Å². The highest BCUT2D eigenvalue weighted by molar-refractivity contribution is 7.89. The van der Waals surface area contributed by atoms with Gasteiger partial charge in [-0.2, -0.15) is 0 Å². The fourth-order valence-corrected chi connectivity index (χ4v) is 6.22. The molecule has 10 heteroatoms. The molecule has 194 valence electrons. The van der Waals surface area contributed by atoms with E-state index in [2.05, 4.69) is 20.0 Å². The van der Waals surface area contributed by atoms with Gasteiger partial charge in [-0.3, -0.25) is 14.6 Å². The van der Waals surface area contributed by atoms with Crippen molar-refractivity contribution in [3.8, 4) is 0 Å². The van der Waals surface area contributed by atoms with E-state index >= 15 is 0 Å². The lowest BCUT2D eigenvalue weighted by Crippen LogP contribution is -2.46. The van der Waals surface area contributed by atoms with Gasteiger partial charge in [-0.05, 0) is 43.5 Å². The second-order valence-corrected chi connectivity index (χ2v) is 10.9. The Morgan fingerprint density at radius 2 is 1.66 bits per heavy atom. The zero-order valence-electron chi connectivity index (χ0n) is 20.8. The molecule has 3 aromatic carbocycles. The third kappa shape index (κ3) is 5.27. The number of carbonyl (C=O) groups is 2. The minimum atomic E-state index is -3.87. The smallest absolute Gasteiger partial charge is 0.274 e. The highest BCUT2D eigenvalue weighted by Crippen LogP contribution is 2.30. The van der Waals surface area contributed by atoms with E-state index in [9.17, 15) is 18.0 Å². The third-order valence-corrected chi connectivity index (χ3v) is 8.27. The van der Waals surface area contributed by atoms with Crippen LogP contribution in [-0.2, 0) is 10.0 Å². The molecule has 2 N–H and O–H groups in total. The molecule has 38 heavy (non-hydrogen) atoms. The Morgan fingerprint density at radius 1 is 0.921 bits per heavy atom. The van der Waals surface area contributed by atoms with Crippen LogP contribution in [0.4, 0.5) is 5.69 Å². The van der Waals surface area contributed by atoms with Crippen molar-refractivity contribution < 1.29 is 18.0 Å². The number of piperidine rings is 1. The Labute approximate surface area is 221 Å². The van der Waals surface area contributed by atoms with Crippen LogP contribution in [-0.4, -0.2) is 54.2 Å². The van der Waals surface area contributed by atoms with Gasteiger partial charge in [0.1, 0.15) is 5.69 Å². The molecule has 0 atom stereocenters. The van der Waals surface area contributed by atoms with Crippen LogP contribution in [0.2, 0.25) is 0 Å². The van der Waals surface area contributed by atoms with Crippen LogP contribution < -0.4 is 10.0 Å². The van der Waals surface area contributed by atoms with Crippen molar-refractivity contribution in [3.05, 3.63) is 96.1 Å². The van der Waals surface area contributed by atoms with Crippen molar-refractivity contribution >= 4 is 38.3 Å². The van der Waals surface area contributed by atoms with E-state index in [1.807, 2.05) is 19.1 Å². The molecular weight excluding hydrogens is 502 g/mol. The Morgan fingerprint density at radius 3 is 2.39 bits per heavy atom. The molecule has 1 aliphatic heterocycles. The molecule has 0 radical (unpaired) electrons. The number of sulfonamides is 1. The van der Waals surface area contributed by atoms with Crippen molar-refractivity contribution in [3.63, 3.8) is 0 Å². The SMILES string of the molecule is Cc1ccccc1C(=O)Nc1cccc2c(S(=O)(=O)NC3CCN(C(=O)c4cnccn4)CC3)cccc12. The molecule has 1 aliphatic rings. The molecule has 1 aromatic heterocycles. The van der Waals surface area contributed by atoms with Crippen molar-refractivity contribution in [1.82, 2.24) is 19.6 Å². The van der Waals surface area contributed by atoms with Crippen LogP contribution >= 0.6 is 0 Å². The van der Waals surface area contributed by atoms with Crippen LogP contribution in [0.5, 0.6) is 0 Å². The quantitative estimate of drug-likeness (QED) is 0.392. The molecule has 2 heterocycles. The predicted octanol–water partition coefficient (Wildman–Crippen LogP) is 3.77. The summed E-state index contributed by atoms with van der Waals surface area (Å²) in [5, 5.41) is 4.07. The van der Waals surface area contributed by atoms with Crippen molar-refractivity contribution in [2.75, 3.05) is 18.4 Å². The lowest BCUT2D eigenvalue weighted by molar-refractivity contribution is 0.0704. The molecule has 2 amide bonds. The van der Waals surface area contributed by atoms with E-state index in [1.165, 1.54) is 18.6 Å². The number of aromatic nitrogens is 2. The third-order valence-electron chi connectivity index (χ3n) is 6.70. The summed E-state index contributed by atoms with van der Waals surface area (Å²) >= 11 is 0. The molecule has 0 saturated carbocycles. The fourth-order valence-electron chi connectivity index (χ4n) is 4.70. The maximum Gasteiger partial charge on any atom is 0.274 e. The number of hydrogen-bond acceptors (Lipinski definition) is 6. The van der Waals surface area contributed by atoms with Crippen LogP contribution in [0.1, 0.15) is 39.3 Å². The first-order chi connectivity index (χ1) is 18.3. The molecule has 9 nitrogen and oxygen atoms in total. The van der Waals surface area contributed by atoms with Gasteiger partial charge in [0.25, 0.3) is 11.8 Å². The van der Waals surface area contributed by atoms with Gasteiger partial charge < -0.3 is 10.2 Å². The van der Waals surface area contributed by atoms with Crippen LogP contribution in [0.15, 0.2) is 84.1 Å². The molecule has 0 spiro atoms. The Hall–Kier alpha value is -4.15. The zero-order chi connectivity index (χ0) is 26.7. The first-order valence-corrected chi connectivity index (χ1v) is 13.8. The summed E-state index contributed by atoms with van der Waals surface area (Å²) in [7, 11) is -3.87. The lowest BCUT2D eigenvalue weighted by atomic mass is 10.1. The Kier molecular flexibility index (Phi) is 7.17. The first kappa shape index (κ1) is 25.5. The zero-order valence-corrected chi connectivity index (χ0v) is 21.6. The Bertz CT molecular complexity index is 1600. The second-order valence-electron chi connectivity index (χ2n) is 9.20. The number of nitrogens with zero attached hydrogens (tertiary/aromatic N) is 3. The highest BCUT2D eigenvalue weighted by atomic mass is 32.2. The summed E-state index contributed by atoms with van der Waals surface area (Å²) in [5.41, 5.74) is 2.21. The van der Waals surface area contributed by atoms with E-state index in [0.717, 1.165) is 5.56 Å². The number of fused-ring (bicyclic) bond motifs is 1. The molecule has 1 fully saturated rings. The van der Waals surface area contributed by atoms with Gasteiger partial charge in [0.15, 0.2) is 0 Å². The second kappa shape index (κ2) is 10.7. The van der Waals surface area contributed by atoms with Crippen LogP contribution in [0.25, 0.3) is 10.8 Å². The van der Waals surface area contributed by atoms with E-state index in [-0.39, 0.29) is 28.4 Å². The predicted molar refractivity (Wildman–Crippen MR) is 144 cm³/mol. The van der Waals surface area contributed by atoms with Crippen LogP contribution in [0.3, 0.4) is 0 Å². The average Bonchev–Trinajstić information content (AvgIpc) is 2.93. The highest BCUT2D eigenvalue weighted by Gasteiger charge is 2.28. The monoisotopic (exact) mass is 529 g/mol. The minimum absolute atomic E-state index is 0.139. The van der Waals surface area contributed by atoms with Crippen molar-refractivity contribution in [1.29, 1.82) is 0 Å². The molecule has 0 aliphatic carbocycles. The van der Waals surface area contributed by atoms with E-state index in [1.54, 1.807) is 53.4 Å². The van der Waals surface area contributed by atoms with Gasteiger partial charge in [-0.1, -0.05) is 42.5 Å². The number of likely N-dealkylation sites (tertiary alicyclic amines) is 1. The van der Waals surface area contributed by atoms with Gasteiger partial charge in [0.05, 0.1) is 11.1 Å². The number of amides is 2. The maximum atomic E-state index is 13.5. The number of rotatable bonds is 6. The van der Waals surface area contributed by atoms with Gasteiger partial charge in [0, 0.05) is 53.5 Å². The topological polar surface area (TPSA) is 121 Å². The van der Waals surface area contributed by atoms with E-state index < -0.39 is 10.0 Å². The number of aryl methyl sites for hydroxylation is 1. The summed E-state index contributed by atoms with van der Waals surface area (Å²) < 4.78 is 29.7. The molecule has 1 saturated heterocycles. The summed E-state index contributed by atoms with van der Waals surface area (Å²) in [6, 6.07) is 17.2. The summed E-state index contributed by atoms with van der Waals surface area (Å²) in [5.74, 6) is -0.474. The van der Waals surface area contributed by atoms with Crippen molar-refractivity contribution in [2.24, 2.45) is 0 Å². The molecule has 0 bridgehead atoms. The van der Waals surface area contributed by atoms with Gasteiger partial charge >= 0.3 is 0 Å². The number of hydrogen-bond donors (Lipinski definition) is 2. The first-order valence-electron chi connectivity index (χ1n) is 12.3. The van der Waals surface area contributed by atoms with Gasteiger partial charge in [0.2, 0.25) is 10.0 Å². The molecule has 0 unspecified atom stereocenters. The van der Waals surface area contributed by atoms with Crippen molar-refractivity contribution in [2.45, 2.75) is 30.7 Å². The Balaban J connectivity index is 1.32. The van der Waals surface area contributed by atoms with E-state index in [4.69, 9.17) is 0 Å². The van der Waals surface area contributed by atoms with Gasteiger partial charge in [-0.15, -0.1) is 0 Å². The fraction of sp³-hybridized carbons (Fsp3) is 0.214. The largest absolute Gasteiger partial charge is 0.337 e. The molecule has 4 aromatic rings. The normalized spacial score (nSPS) is 14.4. The molecular formula is C28H27N5O4S. The number of benzene rings is 3.